The molecule has 0 aliphatic carbocycles. The van der Waals surface area contributed by atoms with Crippen LogP contribution in [0.25, 0.3) is 0 Å². The number of carbonyl (C=O) groups excluding carboxylic acids is 5. The van der Waals surface area contributed by atoms with Crippen molar-refractivity contribution in [3.8, 4) is 0 Å². The highest BCUT2D eigenvalue weighted by Crippen LogP contribution is 2.21. The lowest BCUT2D eigenvalue weighted by Crippen LogP contribution is -2.60. The average Bonchev–Trinajstić information content (AvgIpc) is 3.61. The zero-order valence-electron chi connectivity index (χ0n) is 23.8. The van der Waals surface area contributed by atoms with Crippen molar-refractivity contribution >= 4 is 29.6 Å². The molecule has 2 aliphatic heterocycles. The van der Waals surface area contributed by atoms with Gasteiger partial charge in [-0.3, -0.25) is 19.2 Å². The molecule has 0 aromatic heterocycles. The summed E-state index contributed by atoms with van der Waals surface area (Å²) >= 11 is 0. The summed E-state index contributed by atoms with van der Waals surface area (Å²) in [4.78, 5) is 66.4. The third-order valence-corrected chi connectivity index (χ3v) is 7.02. The van der Waals surface area contributed by atoms with E-state index in [2.05, 4.69) is 27.8 Å². The minimum Gasteiger partial charge on any atom is -0.467 e. The molecular formula is C27H45N5O7. The molecule has 0 aromatic carbocycles. The smallest absolute Gasteiger partial charge is 0.328 e. The van der Waals surface area contributed by atoms with Crippen molar-refractivity contribution in [2.24, 2.45) is 11.8 Å². The summed E-state index contributed by atoms with van der Waals surface area (Å²) in [6.07, 6.45) is 4.34. The van der Waals surface area contributed by atoms with Gasteiger partial charge < -0.3 is 35.6 Å². The minimum atomic E-state index is -1.12. The first-order chi connectivity index (χ1) is 18.5. The van der Waals surface area contributed by atoms with Gasteiger partial charge >= 0.3 is 5.97 Å². The van der Waals surface area contributed by atoms with E-state index < -0.39 is 47.9 Å². The lowest BCUT2D eigenvalue weighted by molar-refractivity contribution is -0.147. The molecule has 12 nitrogen and oxygen atoms in total. The van der Waals surface area contributed by atoms with Crippen molar-refractivity contribution in [2.45, 2.75) is 83.6 Å². The van der Waals surface area contributed by atoms with Crippen molar-refractivity contribution in [1.82, 2.24) is 26.2 Å². The van der Waals surface area contributed by atoms with Crippen LogP contribution in [-0.2, 0) is 33.4 Å². The third-order valence-electron chi connectivity index (χ3n) is 7.02. The van der Waals surface area contributed by atoms with Gasteiger partial charge in [0.2, 0.25) is 23.6 Å². The molecule has 2 aliphatic rings. The van der Waals surface area contributed by atoms with E-state index in [-0.39, 0.29) is 37.0 Å². The van der Waals surface area contributed by atoms with Gasteiger partial charge in [0.1, 0.15) is 24.2 Å². The Kier molecular flexibility index (Phi) is 12.9. The molecule has 2 rings (SSSR count). The number of hydrogen-bond acceptors (Lipinski definition) is 8. The molecule has 4 amide bonds. The fraction of sp³-hybridized carbons (Fsp3) is 0.741. The van der Waals surface area contributed by atoms with Crippen LogP contribution in [0.15, 0.2) is 12.7 Å². The molecule has 2 saturated heterocycles. The van der Waals surface area contributed by atoms with Crippen LogP contribution in [0.1, 0.15) is 53.4 Å². The van der Waals surface area contributed by atoms with Crippen molar-refractivity contribution in [3.05, 3.63) is 12.7 Å². The first-order valence-electron chi connectivity index (χ1n) is 13.7. The number of nitrogens with zero attached hydrogens (tertiary/aromatic N) is 1. The fourth-order valence-corrected chi connectivity index (χ4v) is 4.78. The van der Waals surface area contributed by atoms with Crippen molar-refractivity contribution in [3.63, 3.8) is 0 Å². The Balaban J connectivity index is 2.13. The van der Waals surface area contributed by atoms with Crippen LogP contribution in [-0.4, -0.2) is 98.1 Å². The van der Waals surface area contributed by atoms with E-state index >= 15 is 0 Å². The Morgan fingerprint density at radius 1 is 0.974 bits per heavy atom. The summed E-state index contributed by atoms with van der Waals surface area (Å²) in [5.74, 6) is -2.86. The molecule has 0 saturated carbocycles. The van der Waals surface area contributed by atoms with Crippen LogP contribution in [0, 0.1) is 11.8 Å². The molecule has 4 N–H and O–H groups in total. The summed E-state index contributed by atoms with van der Waals surface area (Å²) in [5.41, 5.74) is 0. The SMILES string of the molecule is C=CCOC[C@H](NC(=O)[C@@H]1CCCN1C(=O)[C@@H]1CCCN1)C(=O)N[C@H](C(=O)N[C@H](C(=O)OC)C(C)C)C(C)C. The first-order valence-corrected chi connectivity index (χ1v) is 13.7. The van der Waals surface area contributed by atoms with E-state index in [9.17, 15) is 24.0 Å². The molecule has 0 bridgehead atoms. The third kappa shape index (κ3) is 9.03. The van der Waals surface area contributed by atoms with Crippen molar-refractivity contribution in [1.29, 1.82) is 0 Å². The largest absolute Gasteiger partial charge is 0.467 e. The van der Waals surface area contributed by atoms with Gasteiger partial charge in [0.15, 0.2) is 0 Å². The van der Waals surface area contributed by atoms with Gasteiger partial charge in [-0.1, -0.05) is 33.8 Å². The molecule has 2 heterocycles. The van der Waals surface area contributed by atoms with Crippen LogP contribution < -0.4 is 21.3 Å². The Bertz CT molecular complexity index is 888. The summed E-state index contributed by atoms with van der Waals surface area (Å²) in [6.45, 7) is 11.9. The number of ether oxygens (including phenoxy) is 2. The number of hydrogen-bond donors (Lipinski definition) is 4. The predicted octanol–water partition coefficient (Wildman–Crippen LogP) is -0.129. The average molecular weight is 552 g/mol. The van der Waals surface area contributed by atoms with Gasteiger partial charge in [-0.25, -0.2) is 4.79 Å². The Morgan fingerprint density at radius 3 is 2.21 bits per heavy atom. The maximum absolute atomic E-state index is 13.3. The molecular weight excluding hydrogens is 506 g/mol. The van der Waals surface area contributed by atoms with Gasteiger partial charge in [0, 0.05) is 6.54 Å². The molecule has 5 atom stereocenters. The standard InChI is InChI=1S/C27H45N5O7/c1-7-14-39-15-19(29-24(34)20-11-9-13-32(20)26(36)18-10-8-12-28-18)23(33)30-21(16(2)3)25(35)31-22(17(4)5)27(37)38-6/h7,16-22,28H,1,8-15H2,2-6H3,(H,29,34)(H,30,33)(H,31,35)/t18-,19-,20-,21-,22-/m0/s1. The highest BCUT2D eigenvalue weighted by molar-refractivity contribution is 5.96. The van der Waals surface area contributed by atoms with E-state index in [1.54, 1.807) is 32.6 Å². The van der Waals surface area contributed by atoms with Gasteiger partial charge in [-0.2, -0.15) is 0 Å². The molecule has 0 spiro atoms. The first kappa shape index (κ1) is 32.2. The van der Waals surface area contributed by atoms with Gasteiger partial charge in [-0.05, 0) is 44.1 Å². The maximum Gasteiger partial charge on any atom is 0.328 e. The molecule has 12 heteroatoms. The van der Waals surface area contributed by atoms with E-state index in [4.69, 9.17) is 9.47 Å². The van der Waals surface area contributed by atoms with Crippen molar-refractivity contribution in [2.75, 3.05) is 33.4 Å². The molecule has 0 radical (unpaired) electrons. The maximum atomic E-state index is 13.3. The second-order valence-corrected chi connectivity index (χ2v) is 10.7. The van der Waals surface area contributed by atoms with Crippen LogP contribution in [0.4, 0.5) is 0 Å². The lowest BCUT2D eigenvalue weighted by Gasteiger charge is -2.30. The molecule has 39 heavy (non-hydrogen) atoms. The number of carbonyl (C=O) groups is 5. The Hall–Kier alpha value is -2.99. The summed E-state index contributed by atoms with van der Waals surface area (Å²) < 4.78 is 10.3. The number of methoxy groups -OCH3 is 1. The zero-order valence-corrected chi connectivity index (χ0v) is 23.8. The normalized spacial score (nSPS) is 21.3. The monoisotopic (exact) mass is 551 g/mol. The van der Waals surface area contributed by atoms with Crippen LogP contribution in [0.2, 0.25) is 0 Å². The number of likely N-dealkylation sites (tertiary alicyclic amines) is 1. The van der Waals surface area contributed by atoms with Crippen LogP contribution in [0.3, 0.4) is 0 Å². The predicted molar refractivity (Wildman–Crippen MR) is 144 cm³/mol. The molecule has 220 valence electrons. The number of amides is 4. The Morgan fingerprint density at radius 2 is 1.64 bits per heavy atom. The van der Waals surface area contributed by atoms with Crippen molar-refractivity contribution < 1.29 is 33.4 Å². The van der Waals surface area contributed by atoms with Gasteiger partial charge in [0.05, 0.1) is 26.4 Å². The molecule has 2 fully saturated rings. The number of rotatable bonds is 14. The molecule has 0 unspecified atom stereocenters. The topological polar surface area (TPSA) is 155 Å². The van der Waals surface area contributed by atoms with Gasteiger partial charge in [-0.15, -0.1) is 6.58 Å². The quantitative estimate of drug-likeness (QED) is 0.132. The molecule has 0 aromatic rings. The van der Waals surface area contributed by atoms with E-state index in [0.29, 0.717) is 19.4 Å². The minimum absolute atomic E-state index is 0.101. The number of nitrogens with one attached hydrogen (secondary N) is 4. The second-order valence-electron chi connectivity index (χ2n) is 10.7. The fourth-order valence-electron chi connectivity index (χ4n) is 4.78. The summed E-state index contributed by atoms with van der Waals surface area (Å²) in [7, 11) is 1.24. The van der Waals surface area contributed by atoms with E-state index in [1.807, 2.05) is 0 Å². The van der Waals surface area contributed by atoms with Gasteiger partial charge in [0.25, 0.3) is 0 Å². The zero-order chi connectivity index (χ0) is 29.1. The second kappa shape index (κ2) is 15.6. The number of esters is 1. The van der Waals surface area contributed by atoms with Crippen LogP contribution in [0.5, 0.6) is 0 Å². The Labute approximate surface area is 231 Å². The van der Waals surface area contributed by atoms with E-state index in [1.165, 1.54) is 13.2 Å². The highest BCUT2D eigenvalue weighted by Gasteiger charge is 2.39. The summed E-state index contributed by atoms with van der Waals surface area (Å²) in [6, 6.07) is -3.97. The van der Waals surface area contributed by atoms with E-state index in [0.717, 1.165) is 19.4 Å². The summed E-state index contributed by atoms with van der Waals surface area (Å²) in [5, 5.41) is 11.3. The lowest BCUT2D eigenvalue weighted by atomic mass is 10.00. The van der Waals surface area contributed by atoms with Crippen LogP contribution >= 0.6 is 0 Å². The highest BCUT2D eigenvalue weighted by atomic mass is 16.5.